The number of hydrogen-bond donors (Lipinski definition) is 4. The van der Waals surface area contributed by atoms with Crippen molar-refractivity contribution in [2.75, 3.05) is 0 Å². The van der Waals surface area contributed by atoms with Gasteiger partial charge in [0.25, 0.3) is 0 Å². The Morgan fingerprint density at radius 3 is 2.36 bits per heavy atom. The number of carboxylic acids is 2. The summed E-state index contributed by atoms with van der Waals surface area (Å²) in [6, 6.07) is -2.43. The van der Waals surface area contributed by atoms with Crippen LogP contribution in [0.2, 0.25) is 0 Å². The molecule has 1 unspecified atom stereocenters. The third-order valence-electron chi connectivity index (χ3n) is 2.95. The fourth-order valence-electron chi connectivity index (χ4n) is 1.97. The van der Waals surface area contributed by atoms with Crippen molar-refractivity contribution in [1.29, 1.82) is 0 Å². The number of carbonyl (C=O) groups is 4. The second kappa shape index (κ2) is 8.42. The van der Waals surface area contributed by atoms with E-state index in [2.05, 4.69) is 10.6 Å². The van der Waals surface area contributed by atoms with E-state index in [4.69, 9.17) is 10.2 Å². The van der Waals surface area contributed by atoms with Crippen molar-refractivity contribution in [1.82, 2.24) is 10.6 Å². The maximum atomic E-state index is 12.2. The lowest BCUT2D eigenvalue weighted by Crippen LogP contribution is -2.52. The van der Waals surface area contributed by atoms with Crippen molar-refractivity contribution < 1.29 is 29.4 Å². The highest BCUT2D eigenvalue weighted by atomic mass is 32.2. The summed E-state index contributed by atoms with van der Waals surface area (Å²) in [5, 5.41) is 24.3. The monoisotopic (exact) mass is 330 g/mol. The number of carbonyl (C=O) groups excluding carboxylic acids is 2. The Morgan fingerprint density at radius 1 is 1.23 bits per heavy atom. The average molecular weight is 330 g/mol. The molecule has 122 valence electrons. The molecule has 0 spiro atoms. The number of thioether (sulfide) groups is 1. The normalized spacial score (nSPS) is 19.2. The molecule has 1 aliphatic rings. The van der Waals surface area contributed by atoms with Gasteiger partial charge in [0, 0.05) is 12.2 Å². The van der Waals surface area contributed by atoms with Crippen LogP contribution in [0.4, 0.5) is 0 Å². The molecule has 8 nitrogen and oxygen atoms in total. The Bertz CT molecular complexity index is 485. The maximum Gasteiger partial charge on any atom is 0.326 e. The highest BCUT2D eigenvalue weighted by Gasteiger charge is 2.29. The van der Waals surface area contributed by atoms with Gasteiger partial charge in [-0.1, -0.05) is 6.08 Å². The van der Waals surface area contributed by atoms with Crippen molar-refractivity contribution in [3.8, 4) is 0 Å². The van der Waals surface area contributed by atoms with Gasteiger partial charge >= 0.3 is 11.9 Å². The standard InChI is InChI=1S/C13H18N2O6S/c1-7(16)14-9(5-8-3-2-4-22-8)12(19)15-10(13(20)21)6-11(17)18/h2,4,8-10H,3,5-6H2,1H3,(H,14,16)(H,15,19)(H,17,18)(H,20,21)/t8?,9-,10-/m0/s1. The van der Waals surface area contributed by atoms with Crippen LogP contribution in [0.3, 0.4) is 0 Å². The zero-order chi connectivity index (χ0) is 16.7. The van der Waals surface area contributed by atoms with Gasteiger partial charge in [-0.2, -0.15) is 0 Å². The van der Waals surface area contributed by atoms with Gasteiger partial charge in [-0.05, 0) is 18.2 Å². The molecule has 0 saturated heterocycles. The molecule has 0 saturated carbocycles. The van der Waals surface area contributed by atoms with E-state index < -0.39 is 42.3 Å². The number of carboxylic acid groups (broad SMARTS) is 2. The third-order valence-corrected chi connectivity index (χ3v) is 4.07. The number of allylic oxidation sites excluding steroid dienone is 1. The zero-order valence-corrected chi connectivity index (χ0v) is 12.8. The van der Waals surface area contributed by atoms with Crippen LogP contribution in [0.15, 0.2) is 11.5 Å². The van der Waals surface area contributed by atoms with Gasteiger partial charge in [0.2, 0.25) is 11.8 Å². The Hall–Kier alpha value is -2.03. The van der Waals surface area contributed by atoms with Crippen LogP contribution in [0.25, 0.3) is 0 Å². The first-order chi connectivity index (χ1) is 10.3. The lowest BCUT2D eigenvalue weighted by atomic mass is 10.1. The van der Waals surface area contributed by atoms with E-state index in [0.717, 1.165) is 6.42 Å². The Kier molecular flexibility index (Phi) is 6.90. The summed E-state index contributed by atoms with van der Waals surface area (Å²) in [6.45, 7) is 1.26. The molecule has 2 amide bonds. The average Bonchev–Trinajstić information content (AvgIpc) is 2.88. The second-order valence-electron chi connectivity index (χ2n) is 4.85. The molecule has 0 aromatic heterocycles. The highest BCUT2D eigenvalue weighted by molar-refractivity contribution is 8.03. The van der Waals surface area contributed by atoms with Crippen LogP contribution in [0.5, 0.6) is 0 Å². The van der Waals surface area contributed by atoms with Crippen molar-refractivity contribution in [2.24, 2.45) is 0 Å². The van der Waals surface area contributed by atoms with Gasteiger partial charge in [-0.3, -0.25) is 14.4 Å². The van der Waals surface area contributed by atoms with Crippen molar-refractivity contribution in [3.05, 3.63) is 11.5 Å². The van der Waals surface area contributed by atoms with E-state index in [1.165, 1.54) is 18.7 Å². The molecule has 0 aromatic carbocycles. The summed E-state index contributed by atoms with van der Waals surface area (Å²) < 4.78 is 0. The van der Waals surface area contributed by atoms with Crippen LogP contribution in [-0.4, -0.2) is 51.3 Å². The van der Waals surface area contributed by atoms with Gasteiger partial charge in [-0.15, -0.1) is 11.8 Å². The van der Waals surface area contributed by atoms with Gasteiger partial charge in [0.05, 0.1) is 6.42 Å². The molecule has 0 radical (unpaired) electrons. The first kappa shape index (κ1) is 18.0. The molecule has 4 N–H and O–H groups in total. The first-order valence-electron chi connectivity index (χ1n) is 6.62. The summed E-state index contributed by atoms with van der Waals surface area (Å²) >= 11 is 1.53. The SMILES string of the molecule is CC(=O)N[C@@H](CC1CC=CS1)C(=O)N[C@@H](CC(=O)O)C(=O)O. The molecule has 0 bridgehead atoms. The van der Waals surface area contributed by atoms with Crippen LogP contribution < -0.4 is 10.6 Å². The molecular weight excluding hydrogens is 312 g/mol. The van der Waals surface area contributed by atoms with E-state index in [9.17, 15) is 19.2 Å². The molecule has 0 aromatic rings. The van der Waals surface area contributed by atoms with Crippen LogP contribution in [0.1, 0.15) is 26.2 Å². The van der Waals surface area contributed by atoms with E-state index in [1.807, 2.05) is 11.5 Å². The number of hydrogen-bond acceptors (Lipinski definition) is 5. The topological polar surface area (TPSA) is 133 Å². The van der Waals surface area contributed by atoms with E-state index in [-0.39, 0.29) is 5.25 Å². The molecule has 3 atom stereocenters. The number of amides is 2. The fraction of sp³-hybridized carbons (Fsp3) is 0.538. The molecule has 0 aliphatic carbocycles. The van der Waals surface area contributed by atoms with E-state index in [1.54, 1.807) is 0 Å². The van der Waals surface area contributed by atoms with Crippen molar-refractivity contribution in [3.63, 3.8) is 0 Å². The second-order valence-corrected chi connectivity index (χ2v) is 6.06. The molecular formula is C13H18N2O6S. The number of rotatable bonds is 8. The maximum absolute atomic E-state index is 12.2. The molecule has 1 heterocycles. The summed E-state index contributed by atoms with van der Waals surface area (Å²) in [7, 11) is 0. The van der Waals surface area contributed by atoms with Crippen molar-refractivity contribution >= 4 is 35.5 Å². The lowest BCUT2D eigenvalue weighted by Gasteiger charge is -2.22. The van der Waals surface area contributed by atoms with Crippen LogP contribution >= 0.6 is 11.8 Å². The molecule has 0 fully saturated rings. The summed E-state index contributed by atoms with van der Waals surface area (Å²) in [5.41, 5.74) is 0. The zero-order valence-electron chi connectivity index (χ0n) is 11.9. The smallest absolute Gasteiger partial charge is 0.326 e. The molecule has 9 heteroatoms. The molecule has 22 heavy (non-hydrogen) atoms. The van der Waals surface area contributed by atoms with Crippen LogP contribution in [0, 0.1) is 0 Å². The van der Waals surface area contributed by atoms with Gasteiger partial charge in [0.1, 0.15) is 12.1 Å². The Balaban J connectivity index is 2.69. The minimum absolute atomic E-state index is 0.116. The summed E-state index contributed by atoms with van der Waals surface area (Å²) in [6.07, 6.45) is 2.31. The third kappa shape index (κ3) is 6.17. The number of aliphatic carboxylic acids is 2. The van der Waals surface area contributed by atoms with Gasteiger partial charge in [-0.25, -0.2) is 4.79 Å². The summed E-state index contributed by atoms with van der Waals surface area (Å²) in [4.78, 5) is 45.0. The minimum atomic E-state index is -1.53. The predicted molar refractivity (Wildman–Crippen MR) is 79.2 cm³/mol. The quantitative estimate of drug-likeness (QED) is 0.490. The molecule has 1 aliphatic heterocycles. The van der Waals surface area contributed by atoms with E-state index in [0.29, 0.717) is 6.42 Å². The lowest BCUT2D eigenvalue weighted by molar-refractivity contribution is -0.147. The number of nitrogens with one attached hydrogen (secondary N) is 2. The fourth-order valence-corrected chi connectivity index (χ4v) is 2.94. The van der Waals surface area contributed by atoms with E-state index >= 15 is 0 Å². The van der Waals surface area contributed by atoms with Gasteiger partial charge in [0.15, 0.2) is 0 Å². The van der Waals surface area contributed by atoms with Crippen LogP contribution in [-0.2, 0) is 19.2 Å². The predicted octanol–water partition coefficient (Wildman–Crippen LogP) is -0.0555. The first-order valence-corrected chi connectivity index (χ1v) is 7.56. The largest absolute Gasteiger partial charge is 0.481 e. The molecule has 1 rings (SSSR count). The summed E-state index contributed by atoms with van der Waals surface area (Å²) in [5.74, 6) is -3.88. The minimum Gasteiger partial charge on any atom is -0.481 e. The Morgan fingerprint density at radius 2 is 1.91 bits per heavy atom. The van der Waals surface area contributed by atoms with Crippen molar-refractivity contribution in [2.45, 2.75) is 43.5 Å². The Labute approximate surface area is 131 Å². The highest BCUT2D eigenvalue weighted by Crippen LogP contribution is 2.27. The van der Waals surface area contributed by atoms with Gasteiger partial charge < -0.3 is 20.8 Å².